The van der Waals surface area contributed by atoms with Crippen molar-refractivity contribution in [3.8, 4) is 0 Å². The minimum absolute atomic E-state index is 0.0550. The van der Waals surface area contributed by atoms with Crippen LogP contribution < -0.4 is 10.6 Å². The fraction of sp³-hybridized carbons (Fsp3) is 0.320. The third kappa shape index (κ3) is 4.84. The van der Waals surface area contributed by atoms with Crippen LogP contribution in [-0.4, -0.2) is 15.8 Å². The van der Waals surface area contributed by atoms with Gasteiger partial charge < -0.3 is 10.6 Å². The number of rotatable bonds is 4. The summed E-state index contributed by atoms with van der Waals surface area (Å²) < 4.78 is 39.4. The van der Waals surface area contributed by atoms with E-state index in [1.807, 2.05) is 45.9 Å². The van der Waals surface area contributed by atoms with E-state index in [0.717, 1.165) is 28.9 Å². The molecule has 0 atom stereocenters. The van der Waals surface area contributed by atoms with E-state index >= 15 is 0 Å². The highest BCUT2D eigenvalue weighted by molar-refractivity contribution is 6.03. The molecule has 2 N–H and O–H groups in total. The fourth-order valence-electron chi connectivity index (χ4n) is 4.15. The highest BCUT2D eigenvalue weighted by Gasteiger charge is 2.35. The number of Topliss-reactive ketones (excluding diaryl/α,β-unsaturated/α-hetero) is 1. The number of ketones is 1. The molecule has 1 aliphatic rings. The number of hydrogen-bond acceptors (Lipinski definition) is 5. The molecule has 0 bridgehead atoms. The third-order valence-corrected chi connectivity index (χ3v) is 5.72. The Morgan fingerprint density at radius 2 is 1.61 bits per heavy atom. The summed E-state index contributed by atoms with van der Waals surface area (Å²) in [5.74, 6) is 0.431. The largest absolute Gasteiger partial charge is 0.416 e. The summed E-state index contributed by atoms with van der Waals surface area (Å²) in [7, 11) is 0. The van der Waals surface area contributed by atoms with Crippen LogP contribution in [-0.2, 0) is 12.6 Å². The second-order valence-corrected chi connectivity index (χ2v) is 9.25. The van der Waals surface area contributed by atoms with Crippen molar-refractivity contribution in [3.63, 3.8) is 0 Å². The minimum Gasteiger partial charge on any atom is -0.339 e. The van der Waals surface area contributed by atoms with Gasteiger partial charge in [-0.1, -0.05) is 38.1 Å². The number of para-hydroxylation sites is 1. The molecule has 4 rings (SSSR count). The molecule has 0 unspecified atom stereocenters. The van der Waals surface area contributed by atoms with E-state index in [-0.39, 0.29) is 22.8 Å². The first kappa shape index (κ1) is 22.8. The fourth-order valence-corrected chi connectivity index (χ4v) is 4.15. The summed E-state index contributed by atoms with van der Waals surface area (Å²) in [6, 6.07) is 10.7. The molecule has 172 valence electrons. The molecule has 8 heteroatoms. The number of fused-ring (bicyclic) bond motifs is 1. The summed E-state index contributed by atoms with van der Waals surface area (Å²) in [6.45, 7) is 7.90. The van der Waals surface area contributed by atoms with Crippen LogP contribution in [0.4, 0.5) is 36.3 Å². The van der Waals surface area contributed by atoms with Gasteiger partial charge in [0.25, 0.3) is 0 Å². The molecule has 0 saturated carbocycles. The highest BCUT2D eigenvalue weighted by Crippen LogP contribution is 2.39. The van der Waals surface area contributed by atoms with Crippen molar-refractivity contribution in [1.82, 2.24) is 9.97 Å². The summed E-state index contributed by atoms with van der Waals surface area (Å²) in [4.78, 5) is 22.1. The molecule has 0 saturated heterocycles. The normalized spacial score (nSPS) is 15.2. The van der Waals surface area contributed by atoms with Crippen molar-refractivity contribution in [2.45, 2.75) is 46.7 Å². The number of benzene rings is 2. The topological polar surface area (TPSA) is 66.9 Å². The average molecular weight is 454 g/mol. The SMILES string of the molecule is Cc1cccc(C)c1Nc1nc(Nc2cccc(C(F)(F)F)c2)nc2c1C(=O)CC(C)(C)C2. The molecular weight excluding hydrogens is 429 g/mol. The highest BCUT2D eigenvalue weighted by atomic mass is 19.4. The molecule has 0 aliphatic heterocycles. The molecule has 0 fully saturated rings. The summed E-state index contributed by atoms with van der Waals surface area (Å²) in [5, 5.41) is 6.19. The first-order valence-corrected chi connectivity index (χ1v) is 10.6. The lowest BCUT2D eigenvalue weighted by molar-refractivity contribution is -0.137. The van der Waals surface area contributed by atoms with E-state index in [1.54, 1.807) is 0 Å². The van der Waals surface area contributed by atoms with E-state index in [4.69, 9.17) is 0 Å². The van der Waals surface area contributed by atoms with Gasteiger partial charge in [-0.25, -0.2) is 4.98 Å². The maximum Gasteiger partial charge on any atom is 0.416 e. The lowest BCUT2D eigenvalue weighted by Crippen LogP contribution is -2.29. The van der Waals surface area contributed by atoms with Crippen molar-refractivity contribution in [2.75, 3.05) is 10.6 Å². The molecule has 3 aromatic rings. The lowest BCUT2D eigenvalue weighted by Gasteiger charge is -2.30. The molecule has 5 nitrogen and oxygen atoms in total. The number of aryl methyl sites for hydroxylation is 2. The van der Waals surface area contributed by atoms with Gasteiger partial charge in [-0.2, -0.15) is 18.2 Å². The van der Waals surface area contributed by atoms with Crippen LogP contribution in [0.3, 0.4) is 0 Å². The number of aromatic nitrogens is 2. The molecule has 0 radical (unpaired) electrons. The second-order valence-electron chi connectivity index (χ2n) is 9.25. The molecule has 0 amide bonds. The van der Waals surface area contributed by atoms with Gasteiger partial charge in [-0.3, -0.25) is 4.79 Å². The second kappa shape index (κ2) is 8.17. The van der Waals surface area contributed by atoms with Crippen molar-refractivity contribution in [2.24, 2.45) is 5.41 Å². The van der Waals surface area contributed by atoms with Gasteiger partial charge in [-0.05, 0) is 55.0 Å². The molecular formula is C25H25F3N4O. The number of hydrogen-bond donors (Lipinski definition) is 2. The van der Waals surface area contributed by atoms with Crippen molar-refractivity contribution < 1.29 is 18.0 Å². The molecule has 1 aromatic heterocycles. The van der Waals surface area contributed by atoms with E-state index < -0.39 is 11.7 Å². The van der Waals surface area contributed by atoms with Gasteiger partial charge >= 0.3 is 6.18 Å². The maximum absolute atomic E-state index is 13.1. The smallest absolute Gasteiger partial charge is 0.339 e. The van der Waals surface area contributed by atoms with Crippen LogP contribution in [0.5, 0.6) is 0 Å². The molecule has 33 heavy (non-hydrogen) atoms. The van der Waals surface area contributed by atoms with E-state index in [2.05, 4.69) is 20.6 Å². The molecule has 0 spiro atoms. The van der Waals surface area contributed by atoms with Crippen LogP contribution in [0.2, 0.25) is 0 Å². The zero-order valence-corrected chi connectivity index (χ0v) is 18.9. The molecule has 2 aromatic carbocycles. The van der Waals surface area contributed by atoms with Gasteiger partial charge in [0.15, 0.2) is 5.78 Å². The number of anilines is 4. The monoisotopic (exact) mass is 454 g/mol. The Hall–Kier alpha value is -3.42. The number of carbonyl (C=O) groups excluding carboxylic acids is 1. The molecule has 1 aliphatic carbocycles. The zero-order valence-electron chi connectivity index (χ0n) is 18.9. The number of nitrogens with zero attached hydrogens (tertiary/aromatic N) is 2. The quantitative estimate of drug-likeness (QED) is 0.456. The van der Waals surface area contributed by atoms with Gasteiger partial charge in [0.05, 0.1) is 16.8 Å². The van der Waals surface area contributed by atoms with E-state index in [9.17, 15) is 18.0 Å². The number of nitrogens with one attached hydrogen (secondary N) is 2. The number of alkyl halides is 3. The number of carbonyl (C=O) groups is 1. The van der Waals surface area contributed by atoms with Crippen LogP contribution >= 0.6 is 0 Å². The Balaban J connectivity index is 1.80. The van der Waals surface area contributed by atoms with Crippen LogP contribution in [0.1, 0.15) is 53.0 Å². The summed E-state index contributed by atoms with van der Waals surface area (Å²) in [5.41, 5.74) is 2.99. The van der Waals surface area contributed by atoms with Gasteiger partial charge in [0.2, 0.25) is 5.95 Å². The Bertz CT molecular complexity index is 1210. The first-order valence-electron chi connectivity index (χ1n) is 10.6. The van der Waals surface area contributed by atoms with Gasteiger partial charge in [0.1, 0.15) is 5.82 Å². The van der Waals surface area contributed by atoms with E-state index in [1.165, 1.54) is 12.1 Å². The van der Waals surface area contributed by atoms with Gasteiger partial charge in [-0.15, -0.1) is 0 Å². The van der Waals surface area contributed by atoms with Crippen LogP contribution in [0.15, 0.2) is 42.5 Å². The predicted molar refractivity (Wildman–Crippen MR) is 122 cm³/mol. The Kier molecular flexibility index (Phi) is 5.64. The zero-order chi connectivity index (χ0) is 24.0. The Labute approximate surface area is 190 Å². The average Bonchev–Trinajstić information content (AvgIpc) is 2.69. The summed E-state index contributed by atoms with van der Waals surface area (Å²) >= 11 is 0. The minimum atomic E-state index is -4.46. The van der Waals surface area contributed by atoms with Crippen molar-refractivity contribution in [3.05, 3.63) is 70.4 Å². The van der Waals surface area contributed by atoms with Gasteiger partial charge in [0, 0.05) is 17.8 Å². The number of halogens is 3. The lowest BCUT2D eigenvalue weighted by atomic mass is 9.75. The summed E-state index contributed by atoms with van der Waals surface area (Å²) in [6.07, 6.45) is -3.54. The molecule has 1 heterocycles. The maximum atomic E-state index is 13.1. The Morgan fingerprint density at radius 3 is 2.27 bits per heavy atom. The Morgan fingerprint density at radius 1 is 0.939 bits per heavy atom. The van der Waals surface area contributed by atoms with Crippen LogP contribution in [0, 0.1) is 19.3 Å². The third-order valence-electron chi connectivity index (χ3n) is 5.72. The predicted octanol–water partition coefficient (Wildman–Crippen LogP) is 6.75. The first-order chi connectivity index (χ1) is 15.4. The van der Waals surface area contributed by atoms with Crippen molar-refractivity contribution in [1.29, 1.82) is 0 Å². The van der Waals surface area contributed by atoms with Crippen LogP contribution in [0.25, 0.3) is 0 Å². The van der Waals surface area contributed by atoms with Crippen molar-refractivity contribution >= 4 is 28.9 Å². The van der Waals surface area contributed by atoms with E-state index in [0.29, 0.717) is 29.9 Å². The standard InChI is InChI=1S/C25H25F3N4O/c1-14-7-5-8-15(2)21(14)31-22-20-18(12-24(3,4)13-19(20)33)30-23(32-22)29-17-10-6-9-16(11-17)25(26,27)28/h5-11H,12-13H2,1-4H3,(H2,29,30,31,32).